The van der Waals surface area contributed by atoms with E-state index in [1.165, 1.54) is 23.5 Å². The van der Waals surface area contributed by atoms with Gasteiger partial charge in [0, 0.05) is 24.2 Å². The molecule has 0 spiro atoms. The number of nitrogens with one attached hydrogen (secondary N) is 1. The quantitative estimate of drug-likeness (QED) is 0.747. The summed E-state index contributed by atoms with van der Waals surface area (Å²) in [5, 5.41) is 2.90. The lowest BCUT2D eigenvalue weighted by Crippen LogP contribution is -2.29. The highest BCUT2D eigenvalue weighted by Gasteiger charge is 2.30. The summed E-state index contributed by atoms with van der Waals surface area (Å²) in [7, 11) is -0.726. The van der Waals surface area contributed by atoms with Crippen molar-refractivity contribution in [3.05, 3.63) is 53.6 Å². The molecule has 0 bridgehead atoms. The first-order valence-electron chi connectivity index (χ1n) is 9.50. The fraction of sp³-hybridized carbons (Fsp3) is 0.381. The van der Waals surface area contributed by atoms with Gasteiger partial charge in [-0.2, -0.15) is 4.31 Å². The number of hydrogen-bond donors (Lipinski definition) is 1. The highest BCUT2D eigenvalue weighted by atomic mass is 32.2. The van der Waals surface area contributed by atoms with Gasteiger partial charge in [-0.05, 0) is 44.0 Å². The van der Waals surface area contributed by atoms with Gasteiger partial charge in [-0.3, -0.25) is 4.79 Å². The molecule has 7 nitrogen and oxygen atoms in total. The van der Waals surface area contributed by atoms with Crippen LogP contribution in [0.2, 0.25) is 0 Å². The number of carbonyl (C=O) groups excluding carboxylic acids is 1. The standard InChI is InChI=1S/C21H26N2O5S/c1-15(17-8-4-5-9-18(17)27-2)22-21(24)16-10-11-19(28-3)20(14-16)29(25,26)23-12-6-7-13-23/h4-5,8-11,14-15H,6-7,12-13H2,1-3H3,(H,22,24). The Morgan fingerprint density at radius 3 is 2.34 bits per heavy atom. The van der Waals surface area contributed by atoms with E-state index >= 15 is 0 Å². The second-order valence-electron chi connectivity index (χ2n) is 6.91. The smallest absolute Gasteiger partial charge is 0.251 e. The summed E-state index contributed by atoms with van der Waals surface area (Å²) in [6.07, 6.45) is 1.66. The van der Waals surface area contributed by atoms with Crippen LogP contribution < -0.4 is 14.8 Å². The van der Waals surface area contributed by atoms with Gasteiger partial charge in [0.2, 0.25) is 10.0 Å². The molecule has 1 N–H and O–H groups in total. The van der Waals surface area contributed by atoms with Gasteiger partial charge < -0.3 is 14.8 Å². The van der Waals surface area contributed by atoms with Crippen molar-refractivity contribution in [2.24, 2.45) is 0 Å². The Labute approximate surface area is 171 Å². The van der Waals surface area contributed by atoms with Crippen molar-refractivity contribution in [2.45, 2.75) is 30.7 Å². The number of ether oxygens (including phenoxy) is 2. The fourth-order valence-electron chi connectivity index (χ4n) is 3.47. The largest absolute Gasteiger partial charge is 0.496 e. The molecule has 0 aliphatic carbocycles. The normalized spacial score (nSPS) is 15.7. The van der Waals surface area contributed by atoms with E-state index < -0.39 is 10.0 Å². The number of nitrogens with zero attached hydrogens (tertiary/aromatic N) is 1. The maximum atomic E-state index is 13.0. The van der Waals surface area contributed by atoms with E-state index in [9.17, 15) is 13.2 Å². The van der Waals surface area contributed by atoms with E-state index in [-0.39, 0.29) is 28.2 Å². The Morgan fingerprint density at radius 2 is 1.69 bits per heavy atom. The molecule has 2 aromatic rings. The third-order valence-corrected chi connectivity index (χ3v) is 6.98. The number of hydrogen-bond acceptors (Lipinski definition) is 5. The summed E-state index contributed by atoms with van der Waals surface area (Å²) < 4.78 is 38.1. The Morgan fingerprint density at radius 1 is 1.03 bits per heavy atom. The van der Waals surface area contributed by atoms with Crippen LogP contribution in [0.4, 0.5) is 0 Å². The number of benzene rings is 2. The molecule has 1 fully saturated rings. The number of amides is 1. The number of carbonyl (C=O) groups is 1. The highest BCUT2D eigenvalue weighted by molar-refractivity contribution is 7.89. The van der Waals surface area contributed by atoms with Crippen molar-refractivity contribution in [3.8, 4) is 11.5 Å². The summed E-state index contributed by atoms with van der Waals surface area (Å²) in [6, 6.07) is 11.6. The minimum atomic E-state index is -3.72. The summed E-state index contributed by atoms with van der Waals surface area (Å²) in [6.45, 7) is 2.81. The Bertz CT molecular complexity index is 984. The van der Waals surface area contributed by atoms with E-state index in [0.717, 1.165) is 18.4 Å². The van der Waals surface area contributed by atoms with Gasteiger partial charge in [0.15, 0.2) is 0 Å². The Kier molecular flexibility index (Phi) is 6.44. The van der Waals surface area contributed by atoms with Crippen LogP contribution in [0.25, 0.3) is 0 Å². The molecule has 29 heavy (non-hydrogen) atoms. The number of para-hydroxylation sites is 1. The molecule has 0 aromatic heterocycles. The van der Waals surface area contributed by atoms with Gasteiger partial charge in [-0.1, -0.05) is 18.2 Å². The van der Waals surface area contributed by atoms with Crippen molar-refractivity contribution in [2.75, 3.05) is 27.3 Å². The molecule has 1 amide bonds. The highest BCUT2D eigenvalue weighted by Crippen LogP contribution is 2.30. The zero-order chi connectivity index (χ0) is 21.0. The number of sulfonamides is 1. The average molecular weight is 419 g/mol. The predicted octanol–water partition coefficient (Wildman–Crippen LogP) is 2.98. The zero-order valence-electron chi connectivity index (χ0n) is 16.8. The second kappa shape index (κ2) is 8.84. The van der Waals surface area contributed by atoms with Crippen molar-refractivity contribution in [1.29, 1.82) is 0 Å². The second-order valence-corrected chi connectivity index (χ2v) is 8.82. The molecule has 1 heterocycles. The summed E-state index contributed by atoms with van der Waals surface area (Å²) in [5.41, 5.74) is 1.09. The van der Waals surface area contributed by atoms with E-state index in [1.54, 1.807) is 13.2 Å². The SMILES string of the molecule is COc1ccccc1C(C)NC(=O)c1ccc(OC)c(S(=O)(=O)N2CCCC2)c1. The molecule has 1 atom stereocenters. The Hall–Kier alpha value is -2.58. The van der Waals surface area contributed by atoms with Crippen molar-refractivity contribution in [3.63, 3.8) is 0 Å². The molecule has 156 valence electrons. The van der Waals surface area contributed by atoms with Crippen LogP contribution in [0.15, 0.2) is 47.4 Å². The lowest BCUT2D eigenvalue weighted by atomic mass is 10.1. The van der Waals surface area contributed by atoms with Gasteiger partial charge in [0.05, 0.1) is 20.3 Å². The van der Waals surface area contributed by atoms with Crippen LogP contribution in [0.3, 0.4) is 0 Å². The van der Waals surface area contributed by atoms with Gasteiger partial charge >= 0.3 is 0 Å². The fourth-order valence-corrected chi connectivity index (χ4v) is 5.17. The Balaban J connectivity index is 1.88. The van der Waals surface area contributed by atoms with Gasteiger partial charge in [0.1, 0.15) is 16.4 Å². The number of methoxy groups -OCH3 is 2. The third kappa shape index (κ3) is 4.38. The van der Waals surface area contributed by atoms with Crippen LogP contribution in [0.1, 0.15) is 41.7 Å². The van der Waals surface area contributed by atoms with Crippen molar-refractivity contribution < 1.29 is 22.7 Å². The van der Waals surface area contributed by atoms with Crippen molar-refractivity contribution in [1.82, 2.24) is 9.62 Å². The van der Waals surface area contributed by atoms with Crippen LogP contribution in [0.5, 0.6) is 11.5 Å². The molecular formula is C21H26N2O5S. The van der Waals surface area contributed by atoms with Gasteiger partial charge in [0.25, 0.3) is 5.91 Å². The van der Waals surface area contributed by atoms with E-state index in [1.807, 2.05) is 31.2 Å². The lowest BCUT2D eigenvalue weighted by Gasteiger charge is -2.19. The predicted molar refractivity (Wildman–Crippen MR) is 110 cm³/mol. The molecule has 1 saturated heterocycles. The first-order chi connectivity index (χ1) is 13.9. The van der Waals surface area contributed by atoms with Crippen LogP contribution >= 0.6 is 0 Å². The molecule has 0 radical (unpaired) electrons. The molecular weight excluding hydrogens is 392 g/mol. The molecule has 0 saturated carbocycles. The van der Waals surface area contributed by atoms with E-state index in [2.05, 4.69) is 5.32 Å². The zero-order valence-corrected chi connectivity index (χ0v) is 17.7. The molecule has 1 unspecified atom stereocenters. The maximum absolute atomic E-state index is 13.0. The molecule has 8 heteroatoms. The maximum Gasteiger partial charge on any atom is 0.251 e. The topological polar surface area (TPSA) is 84.9 Å². The summed E-state index contributed by atoms with van der Waals surface area (Å²) in [4.78, 5) is 12.8. The van der Waals surface area contributed by atoms with Gasteiger partial charge in [-0.25, -0.2) is 8.42 Å². The third-order valence-electron chi connectivity index (χ3n) is 5.06. The molecule has 2 aromatic carbocycles. The first kappa shape index (κ1) is 21.1. The first-order valence-corrected chi connectivity index (χ1v) is 10.9. The minimum Gasteiger partial charge on any atom is -0.496 e. The summed E-state index contributed by atoms with van der Waals surface area (Å²) in [5.74, 6) is 0.530. The van der Waals surface area contributed by atoms with E-state index in [0.29, 0.717) is 18.8 Å². The average Bonchev–Trinajstić information content (AvgIpc) is 3.29. The molecule has 1 aliphatic rings. The van der Waals surface area contributed by atoms with Crippen molar-refractivity contribution >= 4 is 15.9 Å². The minimum absolute atomic E-state index is 0.0134. The summed E-state index contributed by atoms with van der Waals surface area (Å²) >= 11 is 0. The van der Waals surface area contributed by atoms with E-state index in [4.69, 9.17) is 9.47 Å². The molecule has 3 rings (SSSR count). The lowest BCUT2D eigenvalue weighted by molar-refractivity contribution is 0.0939. The van der Waals surface area contributed by atoms with Crippen LogP contribution in [-0.2, 0) is 10.0 Å². The molecule has 1 aliphatic heterocycles. The van der Waals surface area contributed by atoms with Crippen LogP contribution in [0, 0.1) is 0 Å². The van der Waals surface area contributed by atoms with Gasteiger partial charge in [-0.15, -0.1) is 0 Å². The monoisotopic (exact) mass is 418 g/mol. The number of rotatable bonds is 7. The van der Waals surface area contributed by atoms with Crippen LogP contribution in [-0.4, -0.2) is 45.9 Å².